The van der Waals surface area contributed by atoms with E-state index in [2.05, 4.69) is 25.7 Å². The van der Waals surface area contributed by atoms with Crippen molar-refractivity contribution in [1.82, 2.24) is 29.6 Å². The first kappa shape index (κ1) is 15.3. The number of anilines is 1. The Hall–Kier alpha value is -3.29. The molecule has 0 aliphatic carbocycles. The molecule has 0 radical (unpaired) electrons. The highest BCUT2D eigenvalue weighted by atomic mass is 16.1. The van der Waals surface area contributed by atoms with Gasteiger partial charge in [0.2, 0.25) is 5.65 Å². The first-order chi connectivity index (χ1) is 12.1. The molecular formula is C17H17N7O. The zero-order chi connectivity index (χ0) is 17.4. The van der Waals surface area contributed by atoms with Crippen LogP contribution in [0, 0.1) is 13.8 Å². The molecule has 0 aliphatic rings. The largest absolute Gasteiger partial charge is 0.380 e. The maximum absolute atomic E-state index is 12.5. The van der Waals surface area contributed by atoms with Gasteiger partial charge in [0.25, 0.3) is 5.56 Å². The van der Waals surface area contributed by atoms with Crippen molar-refractivity contribution < 1.29 is 0 Å². The Balaban J connectivity index is 1.59. The Morgan fingerprint density at radius 2 is 2.04 bits per heavy atom. The van der Waals surface area contributed by atoms with E-state index in [1.165, 1.54) is 4.68 Å². The van der Waals surface area contributed by atoms with Gasteiger partial charge in [0.15, 0.2) is 0 Å². The number of nitrogens with one attached hydrogen (secondary N) is 1. The summed E-state index contributed by atoms with van der Waals surface area (Å²) in [6.07, 6.45) is 3.29. The topological polar surface area (TPSA) is 90.0 Å². The van der Waals surface area contributed by atoms with Gasteiger partial charge in [-0.1, -0.05) is 18.2 Å². The minimum atomic E-state index is -0.0878. The maximum Gasteiger partial charge on any atom is 0.274 e. The number of benzene rings is 1. The van der Waals surface area contributed by atoms with Crippen molar-refractivity contribution in [1.29, 1.82) is 0 Å². The highest BCUT2D eigenvalue weighted by molar-refractivity contribution is 5.80. The molecule has 1 aromatic carbocycles. The molecule has 1 N–H and O–H groups in total. The summed E-state index contributed by atoms with van der Waals surface area (Å²) in [6, 6.07) is 7.46. The molecule has 8 heteroatoms. The molecular weight excluding hydrogens is 318 g/mol. The fourth-order valence-electron chi connectivity index (χ4n) is 2.84. The average Bonchev–Trinajstić information content (AvgIpc) is 3.08. The van der Waals surface area contributed by atoms with Crippen LogP contribution in [0.15, 0.2) is 41.6 Å². The summed E-state index contributed by atoms with van der Waals surface area (Å²) < 4.78 is 3.12. The van der Waals surface area contributed by atoms with Crippen molar-refractivity contribution in [2.24, 2.45) is 0 Å². The smallest absolute Gasteiger partial charge is 0.274 e. The third kappa shape index (κ3) is 2.61. The predicted octanol–water partition coefficient (Wildman–Crippen LogP) is 1.56. The van der Waals surface area contributed by atoms with Crippen molar-refractivity contribution in [3.05, 3.63) is 58.4 Å². The number of hydrogen-bond donors (Lipinski definition) is 1. The standard InChI is InChI=1S/C17H17N7O/c1-11-12(2)22-24-10-19-21-16(24)15(11)18-7-8-23-17(25)14-6-4-3-5-13(14)9-20-23/h3-6,9-10,18H,7-8H2,1-2H3. The molecule has 126 valence electrons. The van der Waals surface area contributed by atoms with Gasteiger partial charge in [-0.05, 0) is 25.5 Å². The zero-order valence-corrected chi connectivity index (χ0v) is 14.0. The predicted molar refractivity (Wildman–Crippen MR) is 94.7 cm³/mol. The van der Waals surface area contributed by atoms with Gasteiger partial charge in [-0.15, -0.1) is 10.2 Å². The molecule has 4 rings (SSSR count). The van der Waals surface area contributed by atoms with Crippen LogP contribution in [-0.2, 0) is 6.54 Å². The quantitative estimate of drug-likeness (QED) is 0.609. The number of fused-ring (bicyclic) bond motifs is 2. The second-order valence-electron chi connectivity index (χ2n) is 5.87. The number of rotatable bonds is 4. The molecule has 0 aliphatic heterocycles. The first-order valence-electron chi connectivity index (χ1n) is 8.01. The lowest BCUT2D eigenvalue weighted by Crippen LogP contribution is -2.26. The Morgan fingerprint density at radius 3 is 2.92 bits per heavy atom. The molecule has 0 unspecified atom stereocenters. The van der Waals surface area contributed by atoms with Crippen LogP contribution in [0.1, 0.15) is 11.3 Å². The van der Waals surface area contributed by atoms with E-state index >= 15 is 0 Å². The number of aryl methyl sites for hydroxylation is 1. The third-order valence-corrected chi connectivity index (χ3v) is 4.32. The number of nitrogens with zero attached hydrogens (tertiary/aromatic N) is 6. The minimum absolute atomic E-state index is 0.0878. The summed E-state index contributed by atoms with van der Waals surface area (Å²) in [4.78, 5) is 12.5. The average molecular weight is 335 g/mol. The van der Waals surface area contributed by atoms with E-state index in [1.807, 2.05) is 38.1 Å². The van der Waals surface area contributed by atoms with E-state index in [4.69, 9.17) is 0 Å². The van der Waals surface area contributed by atoms with Crippen LogP contribution >= 0.6 is 0 Å². The summed E-state index contributed by atoms with van der Waals surface area (Å²) in [7, 11) is 0. The van der Waals surface area contributed by atoms with Crippen molar-refractivity contribution >= 4 is 22.1 Å². The molecule has 3 aromatic heterocycles. The summed E-state index contributed by atoms with van der Waals surface area (Å²) in [5, 5.41) is 21.5. The van der Waals surface area contributed by atoms with E-state index < -0.39 is 0 Å². The minimum Gasteiger partial charge on any atom is -0.380 e. The van der Waals surface area contributed by atoms with Gasteiger partial charge in [0.1, 0.15) is 6.33 Å². The molecule has 0 atom stereocenters. The van der Waals surface area contributed by atoms with Crippen LogP contribution in [0.25, 0.3) is 16.4 Å². The van der Waals surface area contributed by atoms with Crippen molar-refractivity contribution in [2.75, 3.05) is 11.9 Å². The second-order valence-corrected chi connectivity index (χ2v) is 5.87. The lowest BCUT2D eigenvalue weighted by molar-refractivity contribution is 0.604. The van der Waals surface area contributed by atoms with Gasteiger partial charge in [-0.25, -0.2) is 4.68 Å². The van der Waals surface area contributed by atoms with Crippen LogP contribution in [-0.4, -0.2) is 36.1 Å². The van der Waals surface area contributed by atoms with Crippen LogP contribution in [0.2, 0.25) is 0 Å². The first-order valence-corrected chi connectivity index (χ1v) is 8.01. The van der Waals surface area contributed by atoms with E-state index in [0.29, 0.717) is 24.1 Å². The molecule has 4 aromatic rings. The molecule has 0 bridgehead atoms. The Bertz CT molecular complexity index is 1130. The second kappa shape index (κ2) is 5.97. The normalized spacial score (nSPS) is 11.3. The molecule has 0 fully saturated rings. The van der Waals surface area contributed by atoms with Gasteiger partial charge in [-0.2, -0.15) is 14.7 Å². The van der Waals surface area contributed by atoms with Crippen molar-refractivity contribution in [3.8, 4) is 0 Å². The van der Waals surface area contributed by atoms with Crippen LogP contribution in [0.4, 0.5) is 5.69 Å². The van der Waals surface area contributed by atoms with Crippen LogP contribution in [0.5, 0.6) is 0 Å². The van der Waals surface area contributed by atoms with Gasteiger partial charge in [0, 0.05) is 11.9 Å². The van der Waals surface area contributed by atoms with Gasteiger partial charge in [0.05, 0.1) is 29.5 Å². The monoisotopic (exact) mass is 335 g/mol. The van der Waals surface area contributed by atoms with Gasteiger partial charge >= 0.3 is 0 Å². The van der Waals surface area contributed by atoms with E-state index in [-0.39, 0.29) is 5.56 Å². The third-order valence-electron chi connectivity index (χ3n) is 4.32. The lowest BCUT2D eigenvalue weighted by Gasteiger charge is -2.12. The summed E-state index contributed by atoms with van der Waals surface area (Å²) in [6.45, 7) is 4.91. The fourth-order valence-corrected chi connectivity index (χ4v) is 2.84. The molecule has 8 nitrogen and oxygen atoms in total. The van der Waals surface area contributed by atoms with Crippen LogP contribution < -0.4 is 10.9 Å². The molecule has 0 spiro atoms. The number of hydrogen-bond acceptors (Lipinski definition) is 6. The molecule has 0 saturated heterocycles. The van der Waals surface area contributed by atoms with E-state index in [0.717, 1.165) is 22.3 Å². The van der Waals surface area contributed by atoms with Crippen molar-refractivity contribution in [2.45, 2.75) is 20.4 Å². The van der Waals surface area contributed by atoms with Gasteiger partial charge in [-0.3, -0.25) is 4.79 Å². The molecule has 25 heavy (non-hydrogen) atoms. The summed E-state index contributed by atoms with van der Waals surface area (Å²) >= 11 is 0. The Morgan fingerprint density at radius 1 is 1.20 bits per heavy atom. The Kier molecular flexibility index (Phi) is 3.64. The number of aromatic nitrogens is 6. The zero-order valence-electron chi connectivity index (χ0n) is 14.0. The van der Waals surface area contributed by atoms with Crippen molar-refractivity contribution in [3.63, 3.8) is 0 Å². The highest BCUT2D eigenvalue weighted by Crippen LogP contribution is 2.21. The SMILES string of the molecule is Cc1nn2cnnc2c(NCCn2ncc3ccccc3c2=O)c1C. The lowest BCUT2D eigenvalue weighted by atomic mass is 10.2. The van der Waals surface area contributed by atoms with Gasteiger partial charge < -0.3 is 5.32 Å². The Labute approximate surface area is 143 Å². The highest BCUT2D eigenvalue weighted by Gasteiger charge is 2.11. The van der Waals surface area contributed by atoms with Crippen LogP contribution in [0.3, 0.4) is 0 Å². The van der Waals surface area contributed by atoms with E-state index in [9.17, 15) is 4.79 Å². The molecule has 0 saturated carbocycles. The summed E-state index contributed by atoms with van der Waals surface area (Å²) in [5.74, 6) is 0. The van der Waals surface area contributed by atoms with E-state index in [1.54, 1.807) is 17.0 Å². The summed E-state index contributed by atoms with van der Waals surface area (Å²) in [5.41, 5.74) is 3.37. The molecule has 0 amide bonds. The maximum atomic E-state index is 12.5. The molecule has 3 heterocycles. The fraction of sp³-hybridized carbons (Fsp3) is 0.235.